The van der Waals surface area contributed by atoms with Gasteiger partial charge in [0.15, 0.2) is 0 Å². The molecule has 2 amide bonds. The lowest BCUT2D eigenvalue weighted by Crippen LogP contribution is -2.45. The minimum atomic E-state index is -0.205. The number of piperidine rings is 1. The van der Waals surface area contributed by atoms with Gasteiger partial charge in [-0.15, -0.1) is 0 Å². The third kappa shape index (κ3) is 3.06. The first kappa shape index (κ1) is 13.9. The topological polar surface area (TPSA) is 88.7 Å². The van der Waals surface area contributed by atoms with Crippen molar-refractivity contribution < 1.29 is 10.0 Å². The highest BCUT2D eigenvalue weighted by Gasteiger charge is 2.25. The Morgan fingerprint density at radius 3 is 3.05 bits per heavy atom. The molecule has 0 aromatic heterocycles. The largest absolute Gasteiger partial charge is 0.411 e. The first-order valence-corrected chi connectivity index (χ1v) is 6.41. The standard InChI is InChI=1S/C14H16N4O2/c1-10-9-18(6-5-13(10)17-20)14(19)16-12-4-2-3-11(7-12)8-15/h2-4,7,10,20H,5-6,9H2,1H3,(H,16,19)/b17-13+. The minimum Gasteiger partial charge on any atom is -0.411 e. The lowest BCUT2D eigenvalue weighted by Gasteiger charge is -2.31. The maximum absolute atomic E-state index is 12.1. The lowest BCUT2D eigenvalue weighted by atomic mass is 9.98. The third-order valence-corrected chi connectivity index (χ3v) is 3.36. The Balaban J connectivity index is 2.00. The molecule has 0 spiro atoms. The summed E-state index contributed by atoms with van der Waals surface area (Å²) in [6.07, 6.45) is 0.573. The summed E-state index contributed by atoms with van der Waals surface area (Å²) in [7, 11) is 0. The lowest BCUT2D eigenvalue weighted by molar-refractivity contribution is 0.203. The zero-order valence-electron chi connectivity index (χ0n) is 11.2. The van der Waals surface area contributed by atoms with E-state index in [1.165, 1.54) is 0 Å². The van der Waals surface area contributed by atoms with Crippen LogP contribution in [0.5, 0.6) is 0 Å². The van der Waals surface area contributed by atoms with E-state index in [-0.39, 0.29) is 11.9 Å². The van der Waals surface area contributed by atoms with Crippen LogP contribution in [-0.4, -0.2) is 34.9 Å². The van der Waals surface area contributed by atoms with E-state index >= 15 is 0 Å². The Hall–Kier alpha value is -2.55. The van der Waals surface area contributed by atoms with E-state index in [9.17, 15) is 4.79 Å². The van der Waals surface area contributed by atoms with Crippen LogP contribution >= 0.6 is 0 Å². The SMILES string of the molecule is CC1CN(C(=O)Nc2cccc(C#N)c2)CC/C1=N\O. The van der Waals surface area contributed by atoms with Crippen LogP contribution in [0.4, 0.5) is 10.5 Å². The van der Waals surface area contributed by atoms with Crippen LogP contribution in [0.2, 0.25) is 0 Å². The molecule has 0 saturated carbocycles. The van der Waals surface area contributed by atoms with E-state index in [1.54, 1.807) is 29.2 Å². The van der Waals surface area contributed by atoms with Crippen molar-refractivity contribution in [1.29, 1.82) is 5.26 Å². The molecule has 20 heavy (non-hydrogen) atoms. The second kappa shape index (κ2) is 6.06. The van der Waals surface area contributed by atoms with Crippen molar-refractivity contribution in [2.45, 2.75) is 13.3 Å². The number of oxime groups is 1. The van der Waals surface area contributed by atoms with Crippen LogP contribution in [0, 0.1) is 17.2 Å². The number of nitriles is 1. The fraction of sp³-hybridized carbons (Fsp3) is 0.357. The Labute approximate surface area is 117 Å². The molecule has 2 rings (SSSR count). The molecule has 1 saturated heterocycles. The fourth-order valence-corrected chi connectivity index (χ4v) is 2.23. The number of hydrogen-bond acceptors (Lipinski definition) is 4. The molecule has 2 N–H and O–H groups in total. The van der Waals surface area contributed by atoms with Crippen LogP contribution in [0.15, 0.2) is 29.4 Å². The first-order valence-electron chi connectivity index (χ1n) is 6.41. The number of nitrogens with one attached hydrogen (secondary N) is 1. The van der Waals surface area contributed by atoms with E-state index in [2.05, 4.69) is 10.5 Å². The van der Waals surface area contributed by atoms with E-state index in [0.717, 1.165) is 5.71 Å². The molecule has 1 aromatic rings. The van der Waals surface area contributed by atoms with E-state index in [4.69, 9.17) is 10.5 Å². The number of rotatable bonds is 1. The third-order valence-electron chi connectivity index (χ3n) is 3.36. The summed E-state index contributed by atoms with van der Waals surface area (Å²) in [5, 5.41) is 23.7. The first-order chi connectivity index (χ1) is 9.63. The van der Waals surface area contributed by atoms with Gasteiger partial charge in [-0.25, -0.2) is 4.79 Å². The van der Waals surface area contributed by atoms with Crippen molar-refractivity contribution in [3.8, 4) is 6.07 Å². The highest BCUT2D eigenvalue weighted by molar-refractivity contribution is 5.93. The number of hydrogen-bond donors (Lipinski definition) is 2. The number of anilines is 1. The van der Waals surface area contributed by atoms with Gasteiger partial charge in [0, 0.05) is 31.1 Å². The molecule has 1 unspecified atom stereocenters. The molecule has 1 aromatic carbocycles. The van der Waals surface area contributed by atoms with Crippen molar-refractivity contribution in [2.75, 3.05) is 18.4 Å². The summed E-state index contributed by atoms with van der Waals surface area (Å²) in [6, 6.07) is 8.61. The van der Waals surface area contributed by atoms with Crippen LogP contribution in [0.1, 0.15) is 18.9 Å². The van der Waals surface area contributed by atoms with Crippen LogP contribution < -0.4 is 5.32 Å². The number of carbonyl (C=O) groups excluding carboxylic acids is 1. The number of nitrogens with zero attached hydrogens (tertiary/aromatic N) is 3. The Morgan fingerprint density at radius 1 is 1.60 bits per heavy atom. The number of amides is 2. The van der Waals surface area contributed by atoms with Gasteiger partial charge >= 0.3 is 6.03 Å². The van der Waals surface area contributed by atoms with Crippen molar-refractivity contribution in [2.24, 2.45) is 11.1 Å². The molecule has 0 aliphatic carbocycles. The van der Waals surface area contributed by atoms with Crippen LogP contribution in [0.3, 0.4) is 0 Å². The number of benzene rings is 1. The van der Waals surface area contributed by atoms with E-state index in [1.807, 2.05) is 13.0 Å². The van der Waals surface area contributed by atoms with Gasteiger partial charge in [0.1, 0.15) is 0 Å². The number of carbonyl (C=O) groups is 1. The van der Waals surface area contributed by atoms with Gasteiger partial charge in [0.2, 0.25) is 0 Å². The molecule has 1 aliphatic heterocycles. The quantitative estimate of drug-likeness (QED) is 0.607. The summed E-state index contributed by atoms with van der Waals surface area (Å²) in [5.41, 5.74) is 1.83. The van der Waals surface area contributed by atoms with Crippen LogP contribution in [-0.2, 0) is 0 Å². The van der Waals surface area contributed by atoms with Gasteiger partial charge in [-0.3, -0.25) is 0 Å². The summed E-state index contributed by atoms with van der Waals surface area (Å²) in [5.74, 6) is 0.0462. The molecule has 104 valence electrons. The molecular weight excluding hydrogens is 256 g/mol. The maximum Gasteiger partial charge on any atom is 0.321 e. The van der Waals surface area contributed by atoms with Gasteiger partial charge in [0.25, 0.3) is 0 Å². The molecular formula is C14H16N4O2. The predicted molar refractivity (Wildman–Crippen MR) is 74.8 cm³/mol. The molecule has 6 heteroatoms. The van der Waals surface area contributed by atoms with Crippen molar-refractivity contribution in [1.82, 2.24) is 4.90 Å². The van der Waals surface area contributed by atoms with E-state index < -0.39 is 0 Å². The summed E-state index contributed by atoms with van der Waals surface area (Å²) >= 11 is 0. The van der Waals surface area contributed by atoms with Gasteiger partial charge in [-0.2, -0.15) is 5.26 Å². The molecule has 1 fully saturated rings. The highest BCUT2D eigenvalue weighted by Crippen LogP contribution is 2.16. The second-order valence-electron chi connectivity index (χ2n) is 4.81. The molecule has 0 bridgehead atoms. The maximum atomic E-state index is 12.1. The summed E-state index contributed by atoms with van der Waals surface area (Å²) < 4.78 is 0. The number of likely N-dealkylation sites (tertiary alicyclic amines) is 1. The minimum absolute atomic E-state index is 0.0462. The molecule has 0 radical (unpaired) electrons. The second-order valence-corrected chi connectivity index (χ2v) is 4.81. The Morgan fingerprint density at radius 2 is 2.40 bits per heavy atom. The average molecular weight is 272 g/mol. The summed E-state index contributed by atoms with van der Waals surface area (Å²) in [6.45, 7) is 2.96. The predicted octanol–water partition coefficient (Wildman–Crippen LogP) is 2.26. The van der Waals surface area contributed by atoms with Gasteiger partial charge in [-0.05, 0) is 18.2 Å². The smallest absolute Gasteiger partial charge is 0.321 e. The summed E-state index contributed by atoms with van der Waals surface area (Å²) in [4.78, 5) is 13.8. The van der Waals surface area contributed by atoms with Crippen molar-refractivity contribution in [3.05, 3.63) is 29.8 Å². The zero-order valence-corrected chi connectivity index (χ0v) is 11.2. The molecule has 1 atom stereocenters. The monoisotopic (exact) mass is 272 g/mol. The van der Waals surface area contributed by atoms with Gasteiger partial charge in [-0.1, -0.05) is 18.1 Å². The molecule has 1 aliphatic rings. The average Bonchev–Trinajstić information content (AvgIpc) is 2.47. The molecule has 1 heterocycles. The fourth-order valence-electron chi connectivity index (χ4n) is 2.23. The van der Waals surface area contributed by atoms with Gasteiger partial charge in [0.05, 0.1) is 17.3 Å². The Kier molecular flexibility index (Phi) is 4.20. The molecule has 6 nitrogen and oxygen atoms in total. The van der Waals surface area contributed by atoms with Gasteiger partial charge < -0.3 is 15.4 Å². The van der Waals surface area contributed by atoms with Crippen molar-refractivity contribution in [3.63, 3.8) is 0 Å². The normalized spacial score (nSPS) is 20.5. The number of urea groups is 1. The zero-order chi connectivity index (χ0) is 14.5. The van der Waals surface area contributed by atoms with E-state index in [0.29, 0.717) is 30.8 Å². The van der Waals surface area contributed by atoms with Crippen LogP contribution in [0.25, 0.3) is 0 Å². The van der Waals surface area contributed by atoms with Crippen molar-refractivity contribution >= 4 is 17.4 Å². The highest BCUT2D eigenvalue weighted by atomic mass is 16.4. The Bertz CT molecular complexity index is 577.